The number of aryl methyl sites for hydroxylation is 1. The molecule has 2 aromatic rings. The maximum absolute atomic E-state index is 12.5. The SMILES string of the molecule is CCCc1cn(CC(=O)N2CCOC(C(=O)OCc3ccccc3)C2)nn1. The Morgan fingerprint density at radius 3 is 2.89 bits per heavy atom. The van der Waals surface area contributed by atoms with Gasteiger partial charge in [0.05, 0.1) is 18.8 Å². The maximum Gasteiger partial charge on any atom is 0.337 e. The second-order valence-electron chi connectivity index (χ2n) is 6.45. The molecular formula is C19H24N4O4. The van der Waals surface area contributed by atoms with Crippen LogP contribution in [0.4, 0.5) is 0 Å². The van der Waals surface area contributed by atoms with Crippen molar-refractivity contribution in [2.75, 3.05) is 19.7 Å². The van der Waals surface area contributed by atoms with E-state index in [1.807, 2.05) is 30.3 Å². The molecule has 144 valence electrons. The smallest absolute Gasteiger partial charge is 0.337 e. The topological polar surface area (TPSA) is 86.5 Å². The van der Waals surface area contributed by atoms with Gasteiger partial charge >= 0.3 is 5.97 Å². The average molecular weight is 372 g/mol. The Balaban J connectivity index is 1.50. The van der Waals surface area contributed by atoms with Crippen LogP contribution in [0.15, 0.2) is 36.5 Å². The van der Waals surface area contributed by atoms with Gasteiger partial charge in [-0.15, -0.1) is 5.10 Å². The molecule has 8 heteroatoms. The Morgan fingerprint density at radius 1 is 1.30 bits per heavy atom. The van der Waals surface area contributed by atoms with E-state index in [4.69, 9.17) is 9.47 Å². The molecule has 0 spiro atoms. The van der Waals surface area contributed by atoms with Crippen LogP contribution in [0.3, 0.4) is 0 Å². The molecule has 1 aromatic heterocycles. The van der Waals surface area contributed by atoms with E-state index in [-0.39, 0.29) is 25.6 Å². The monoisotopic (exact) mass is 372 g/mol. The van der Waals surface area contributed by atoms with Crippen molar-refractivity contribution in [2.24, 2.45) is 0 Å². The van der Waals surface area contributed by atoms with E-state index in [1.165, 1.54) is 4.68 Å². The fourth-order valence-electron chi connectivity index (χ4n) is 2.87. The highest BCUT2D eigenvalue weighted by atomic mass is 16.6. The van der Waals surface area contributed by atoms with Crippen molar-refractivity contribution in [3.05, 3.63) is 47.8 Å². The maximum atomic E-state index is 12.5. The molecule has 2 heterocycles. The standard InChI is InChI=1S/C19H24N4O4/c1-2-6-16-11-23(21-20-16)13-18(24)22-9-10-26-17(12-22)19(25)27-14-15-7-4-3-5-8-15/h3-5,7-8,11,17H,2,6,9-10,12-14H2,1H3. The summed E-state index contributed by atoms with van der Waals surface area (Å²) in [5.74, 6) is -0.575. The molecule has 1 aliphatic rings. The third-order valence-electron chi connectivity index (χ3n) is 4.30. The highest BCUT2D eigenvalue weighted by Gasteiger charge is 2.30. The molecule has 1 aromatic carbocycles. The van der Waals surface area contributed by atoms with Crippen LogP contribution in [0.25, 0.3) is 0 Å². The molecule has 27 heavy (non-hydrogen) atoms. The first-order valence-corrected chi connectivity index (χ1v) is 9.14. The Kier molecular flexibility index (Phi) is 6.54. The lowest BCUT2D eigenvalue weighted by Crippen LogP contribution is -2.49. The summed E-state index contributed by atoms with van der Waals surface area (Å²) in [6, 6.07) is 9.44. The van der Waals surface area contributed by atoms with Crippen molar-refractivity contribution in [1.82, 2.24) is 19.9 Å². The molecule has 1 aliphatic heterocycles. The fourth-order valence-corrected chi connectivity index (χ4v) is 2.87. The van der Waals surface area contributed by atoms with Crippen molar-refractivity contribution in [3.8, 4) is 0 Å². The Hall–Kier alpha value is -2.74. The first-order chi connectivity index (χ1) is 13.2. The van der Waals surface area contributed by atoms with Gasteiger partial charge < -0.3 is 14.4 Å². The molecule has 1 unspecified atom stereocenters. The van der Waals surface area contributed by atoms with Crippen molar-refractivity contribution in [1.29, 1.82) is 0 Å². The van der Waals surface area contributed by atoms with Crippen LogP contribution in [-0.2, 0) is 38.6 Å². The van der Waals surface area contributed by atoms with Gasteiger partial charge in [0.25, 0.3) is 0 Å². The van der Waals surface area contributed by atoms with Crippen LogP contribution >= 0.6 is 0 Å². The molecule has 0 saturated carbocycles. The largest absolute Gasteiger partial charge is 0.459 e. The van der Waals surface area contributed by atoms with Crippen LogP contribution in [0.2, 0.25) is 0 Å². The Morgan fingerprint density at radius 2 is 2.11 bits per heavy atom. The number of aromatic nitrogens is 3. The summed E-state index contributed by atoms with van der Waals surface area (Å²) >= 11 is 0. The number of hydrogen-bond acceptors (Lipinski definition) is 6. The summed E-state index contributed by atoms with van der Waals surface area (Å²) in [5.41, 5.74) is 1.78. The molecule has 0 aliphatic carbocycles. The van der Waals surface area contributed by atoms with Gasteiger partial charge in [-0.25, -0.2) is 9.48 Å². The lowest BCUT2D eigenvalue weighted by atomic mass is 10.2. The first kappa shape index (κ1) is 19.0. The second kappa shape index (κ2) is 9.27. The zero-order valence-corrected chi connectivity index (χ0v) is 15.4. The highest BCUT2D eigenvalue weighted by molar-refractivity contribution is 5.79. The zero-order valence-electron chi connectivity index (χ0n) is 15.4. The van der Waals surface area contributed by atoms with Crippen LogP contribution < -0.4 is 0 Å². The van der Waals surface area contributed by atoms with E-state index in [1.54, 1.807) is 11.1 Å². The van der Waals surface area contributed by atoms with Gasteiger partial charge in [-0.05, 0) is 12.0 Å². The minimum Gasteiger partial charge on any atom is -0.459 e. The Bertz CT molecular complexity index is 762. The third-order valence-corrected chi connectivity index (χ3v) is 4.30. The van der Waals surface area contributed by atoms with Gasteiger partial charge in [0.15, 0.2) is 6.10 Å². The minimum absolute atomic E-state index is 0.0997. The highest BCUT2D eigenvalue weighted by Crippen LogP contribution is 2.10. The summed E-state index contributed by atoms with van der Waals surface area (Å²) in [6.45, 7) is 3.28. The van der Waals surface area contributed by atoms with Crippen LogP contribution in [0, 0.1) is 0 Å². The molecule has 8 nitrogen and oxygen atoms in total. The molecular weight excluding hydrogens is 348 g/mol. The Labute approximate surface area is 158 Å². The number of rotatable bonds is 7. The average Bonchev–Trinajstić information content (AvgIpc) is 3.14. The third kappa shape index (κ3) is 5.37. The lowest BCUT2D eigenvalue weighted by Gasteiger charge is -2.31. The lowest BCUT2D eigenvalue weighted by molar-refractivity contribution is -0.166. The van der Waals surface area contributed by atoms with E-state index in [9.17, 15) is 9.59 Å². The fraction of sp³-hybridized carbons (Fsp3) is 0.474. The number of morpholine rings is 1. The summed E-state index contributed by atoms with van der Waals surface area (Å²) in [4.78, 5) is 26.4. The van der Waals surface area contributed by atoms with Crippen LogP contribution in [0.1, 0.15) is 24.6 Å². The van der Waals surface area contributed by atoms with Crippen molar-refractivity contribution in [2.45, 2.75) is 39.0 Å². The normalized spacial score (nSPS) is 16.9. The number of carbonyl (C=O) groups excluding carboxylic acids is 2. The van der Waals surface area contributed by atoms with Gasteiger partial charge in [0.2, 0.25) is 5.91 Å². The number of hydrogen-bond donors (Lipinski definition) is 0. The predicted octanol–water partition coefficient (Wildman–Crippen LogP) is 1.20. The van der Waals surface area contributed by atoms with Gasteiger partial charge in [0, 0.05) is 12.7 Å². The molecule has 0 radical (unpaired) electrons. The van der Waals surface area contributed by atoms with E-state index in [2.05, 4.69) is 17.2 Å². The van der Waals surface area contributed by atoms with Crippen molar-refractivity contribution in [3.63, 3.8) is 0 Å². The van der Waals surface area contributed by atoms with Gasteiger partial charge in [-0.3, -0.25) is 4.79 Å². The first-order valence-electron chi connectivity index (χ1n) is 9.14. The number of carbonyl (C=O) groups is 2. The summed E-state index contributed by atoms with van der Waals surface area (Å²) in [7, 11) is 0. The van der Waals surface area contributed by atoms with Crippen LogP contribution in [0.5, 0.6) is 0 Å². The second-order valence-corrected chi connectivity index (χ2v) is 6.45. The number of nitrogens with zero attached hydrogens (tertiary/aromatic N) is 4. The molecule has 0 bridgehead atoms. The number of amides is 1. The molecule has 1 fully saturated rings. The van der Waals surface area contributed by atoms with E-state index >= 15 is 0 Å². The molecule has 3 rings (SSSR count). The number of esters is 1. The molecule has 0 N–H and O–H groups in total. The van der Waals surface area contributed by atoms with Gasteiger partial charge in [-0.2, -0.15) is 0 Å². The summed E-state index contributed by atoms with van der Waals surface area (Å²) < 4.78 is 12.3. The number of benzene rings is 1. The van der Waals surface area contributed by atoms with Gasteiger partial charge in [-0.1, -0.05) is 48.9 Å². The van der Waals surface area contributed by atoms with Gasteiger partial charge in [0.1, 0.15) is 13.2 Å². The van der Waals surface area contributed by atoms with Crippen LogP contribution in [-0.4, -0.2) is 57.6 Å². The van der Waals surface area contributed by atoms with E-state index in [0.29, 0.717) is 13.2 Å². The molecule has 1 atom stereocenters. The molecule has 1 saturated heterocycles. The minimum atomic E-state index is -0.766. The quantitative estimate of drug-likeness (QED) is 0.679. The number of ether oxygens (including phenoxy) is 2. The summed E-state index contributed by atoms with van der Waals surface area (Å²) in [5, 5.41) is 8.03. The van der Waals surface area contributed by atoms with Crippen molar-refractivity contribution >= 4 is 11.9 Å². The van der Waals surface area contributed by atoms with E-state index < -0.39 is 12.1 Å². The van der Waals surface area contributed by atoms with E-state index in [0.717, 1.165) is 24.1 Å². The molecule has 1 amide bonds. The zero-order chi connectivity index (χ0) is 19.1. The predicted molar refractivity (Wildman–Crippen MR) is 96.6 cm³/mol. The summed E-state index contributed by atoms with van der Waals surface area (Å²) in [6.07, 6.45) is 2.83. The van der Waals surface area contributed by atoms with Crippen molar-refractivity contribution < 1.29 is 19.1 Å².